The van der Waals surface area contributed by atoms with Gasteiger partial charge in [-0.3, -0.25) is 14.5 Å². The molecule has 1 aliphatic rings. The zero-order valence-electron chi connectivity index (χ0n) is 14.9. The first-order chi connectivity index (χ1) is 10.6. The minimum Gasteiger partial charge on any atom is -0.459 e. The summed E-state index contributed by atoms with van der Waals surface area (Å²) in [4.78, 5) is 36.4. The summed E-state index contributed by atoms with van der Waals surface area (Å²) >= 11 is 0. The lowest BCUT2D eigenvalue weighted by Crippen LogP contribution is -2.41. The van der Waals surface area contributed by atoms with Crippen LogP contribution in [0, 0.1) is 11.8 Å². The number of likely N-dealkylation sites (tertiary alicyclic amines) is 1. The minimum absolute atomic E-state index is 0.0364. The molecule has 0 aromatic heterocycles. The summed E-state index contributed by atoms with van der Waals surface area (Å²) in [5.41, 5.74) is -0.527. The zero-order valence-corrected chi connectivity index (χ0v) is 14.9. The van der Waals surface area contributed by atoms with E-state index in [0.29, 0.717) is 25.4 Å². The predicted octanol–water partition coefficient (Wildman–Crippen LogP) is 1.38. The number of hydrogen-bond donors (Lipinski definition) is 1. The fourth-order valence-corrected chi connectivity index (χ4v) is 2.71. The van der Waals surface area contributed by atoms with Crippen LogP contribution in [0.15, 0.2) is 0 Å². The van der Waals surface area contributed by atoms with Gasteiger partial charge in [-0.2, -0.15) is 0 Å². The van der Waals surface area contributed by atoms with Crippen LogP contribution in [0.25, 0.3) is 0 Å². The van der Waals surface area contributed by atoms with Gasteiger partial charge in [0.1, 0.15) is 17.9 Å². The third kappa shape index (κ3) is 7.12. The monoisotopic (exact) mass is 326 g/mol. The van der Waals surface area contributed by atoms with Crippen molar-refractivity contribution in [2.45, 2.75) is 59.1 Å². The summed E-state index contributed by atoms with van der Waals surface area (Å²) in [6.07, 6.45) is 2.31. The number of esters is 1. The molecular weight excluding hydrogens is 296 g/mol. The highest BCUT2D eigenvalue weighted by Gasteiger charge is 2.38. The van der Waals surface area contributed by atoms with Crippen molar-refractivity contribution in [1.29, 1.82) is 0 Å². The molecule has 3 unspecified atom stereocenters. The van der Waals surface area contributed by atoms with Crippen molar-refractivity contribution in [3.8, 4) is 0 Å². The number of carbonyl (C=O) groups is 3. The maximum Gasteiger partial charge on any atom is 0.323 e. The minimum atomic E-state index is -0.527. The van der Waals surface area contributed by atoms with Crippen LogP contribution in [0.3, 0.4) is 0 Å². The number of rotatable bonds is 7. The summed E-state index contributed by atoms with van der Waals surface area (Å²) in [6, 6.07) is -0.350. The van der Waals surface area contributed by atoms with Crippen molar-refractivity contribution >= 4 is 18.2 Å². The van der Waals surface area contributed by atoms with Crippen LogP contribution < -0.4 is 5.32 Å². The van der Waals surface area contributed by atoms with Crippen LogP contribution in [0.1, 0.15) is 47.5 Å². The van der Waals surface area contributed by atoms with Crippen molar-refractivity contribution in [3.05, 3.63) is 0 Å². The zero-order chi connectivity index (χ0) is 17.6. The Morgan fingerprint density at radius 2 is 2.04 bits per heavy atom. The average Bonchev–Trinajstić information content (AvgIpc) is 2.84. The van der Waals surface area contributed by atoms with E-state index in [4.69, 9.17) is 4.74 Å². The molecule has 1 amide bonds. The van der Waals surface area contributed by atoms with Gasteiger partial charge in [0.05, 0.1) is 0 Å². The van der Waals surface area contributed by atoms with E-state index in [0.717, 1.165) is 19.3 Å². The molecule has 6 nitrogen and oxygen atoms in total. The van der Waals surface area contributed by atoms with E-state index in [9.17, 15) is 14.4 Å². The summed E-state index contributed by atoms with van der Waals surface area (Å²) in [7, 11) is 0. The van der Waals surface area contributed by atoms with Crippen molar-refractivity contribution in [2.24, 2.45) is 11.8 Å². The van der Waals surface area contributed by atoms with Crippen LogP contribution >= 0.6 is 0 Å². The first kappa shape index (κ1) is 19.6. The average molecular weight is 326 g/mol. The second kappa shape index (κ2) is 8.43. The lowest BCUT2D eigenvalue weighted by molar-refractivity contribution is -0.160. The largest absolute Gasteiger partial charge is 0.459 e. The van der Waals surface area contributed by atoms with Gasteiger partial charge in [0, 0.05) is 25.9 Å². The molecule has 3 atom stereocenters. The number of amides is 1. The van der Waals surface area contributed by atoms with Gasteiger partial charge in [-0.05, 0) is 46.1 Å². The molecule has 1 heterocycles. The third-order valence-electron chi connectivity index (χ3n) is 3.92. The first-order valence-corrected chi connectivity index (χ1v) is 8.29. The summed E-state index contributed by atoms with van der Waals surface area (Å²) in [5, 5.41) is 2.80. The van der Waals surface area contributed by atoms with Crippen molar-refractivity contribution in [3.63, 3.8) is 0 Å². The lowest BCUT2D eigenvalue weighted by atomic mass is 10.1. The molecule has 1 rings (SSSR count). The maximum absolute atomic E-state index is 12.4. The number of nitrogens with one attached hydrogen (secondary N) is 1. The van der Waals surface area contributed by atoms with Gasteiger partial charge in [-0.25, -0.2) is 0 Å². The Morgan fingerprint density at radius 3 is 2.57 bits per heavy atom. The Morgan fingerprint density at radius 1 is 1.39 bits per heavy atom. The molecular formula is C17H30N2O4. The van der Waals surface area contributed by atoms with Crippen LogP contribution in [-0.4, -0.2) is 54.3 Å². The Balaban J connectivity index is 2.57. The van der Waals surface area contributed by atoms with E-state index in [2.05, 4.69) is 12.2 Å². The van der Waals surface area contributed by atoms with Crippen LogP contribution in [0.2, 0.25) is 0 Å². The SMILES string of the molecule is CC(=O)NCC(C)CCN1CC(C=O)CC1C(=O)OC(C)(C)C. The van der Waals surface area contributed by atoms with Crippen molar-refractivity contribution in [1.82, 2.24) is 10.2 Å². The lowest BCUT2D eigenvalue weighted by Gasteiger charge is -2.28. The van der Waals surface area contributed by atoms with Crippen molar-refractivity contribution < 1.29 is 19.1 Å². The molecule has 132 valence electrons. The molecule has 1 fully saturated rings. The molecule has 0 aromatic carbocycles. The van der Waals surface area contributed by atoms with Gasteiger partial charge in [-0.1, -0.05) is 6.92 Å². The molecule has 0 radical (unpaired) electrons. The Hall–Kier alpha value is -1.43. The number of aldehydes is 1. The second-order valence-electron chi connectivity index (χ2n) is 7.51. The number of hydrogen-bond acceptors (Lipinski definition) is 5. The summed E-state index contributed by atoms with van der Waals surface area (Å²) < 4.78 is 5.48. The normalized spacial score (nSPS) is 23.3. The molecule has 23 heavy (non-hydrogen) atoms. The van der Waals surface area contributed by atoms with Gasteiger partial charge in [0.25, 0.3) is 0 Å². The summed E-state index contributed by atoms with van der Waals surface area (Å²) in [5.74, 6) is -0.0892. The van der Waals surface area contributed by atoms with Gasteiger partial charge >= 0.3 is 5.97 Å². The first-order valence-electron chi connectivity index (χ1n) is 8.29. The Bertz CT molecular complexity index is 431. The fourth-order valence-electron chi connectivity index (χ4n) is 2.71. The van der Waals surface area contributed by atoms with Crippen LogP contribution in [0.4, 0.5) is 0 Å². The summed E-state index contributed by atoms with van der Waals surface area (Å²) in [6.45, 7) is 11.0. The Labute approximate surface area is 138 Å². The topological polar surface area (TPSA) is 75.7 Å². The van der Waals surface area contributed by atoms with E-state index in [1.54, 1.807) is 0 Å². The smallest absolute Gasteiger partial charge is 0.323 e. The van der Waals surface area contributed by atoms with E-state index >= 15 is 0 Å². The molecule has 6 heteroatoms. The van der Waals surface area contributed by atoms with Crippen LogP contribution in [0.5, 0.6) is 0 Å². The van der Waals surface area contributed by atoms with Gasteiger partial charge in [0.15, 0.2) is 0 Å². The standard InChI is InChI=1S/C17H30N2O4/c1-12(9-18-13(2)21)6-7-19-10-14(11-20)8-15(19)16(22)23-17(3,4)5/h11-12,14-15H,6-10H2,1-5H3,(H,18,21). The van der Waals surface area contributed by atoms with E-state index in [1.165, 1.54) is 6.92 Å². The quantitative estimate of drug-likeness (QED) is 0.565. The molecule has 1 N–H and O–H groups in total. The predicted molar refractivity (Wildman–Crippen MR) is 87.8 cm³/mol. The van der Waals surface area contributed by atoms with E-state index in [1.807, 2.05) is 25.7 Å². The Kier molecular flexibility index (Phi) is 7.19. The van der Waals surface area contributed by atoms with Gasteiger partial charge in [-0.15, -0.1) is 0 Å². The second-order valence-corrected chi connectivity index (χ2v) is 7.51. The third-order valence-corrected chi connectivity index (χ3v) is 3.92. The highest BCUT2D eigenvalue weighted by atomic mass is 16.6. The molecule has 1 aliphatic heterocycles. The van der Waals surface area contributed by atoms with Gasteiger partial charge in [0.2, 0.25) is 5.91 Å². The van der Waals surface area contributed by atoms with E-state index < -0.39 is 5.60 Å². The molecule has 0 aliphatic carbocycles. The van der Waals surface area contributed by atoms with Crippen LogP contribution in [-0.2, 0) is 19.1 Å². The molecule has 0 saturated carbocycles. The molecule has 0 bridgehead atoms. The number of nitrogens with zero attached hydrogens (tertiary/aromatic N) is 1. The molecule has 1 saturated heterocycles. The van der Waals surface area contributed by atoms with Crippen molar-refractivity contribution in [2.75, 3.05) is 19.6 Å². The fraction of sp³-hybridized carbons (Fsp3) is 0.824. The molecule has 0 aromatic rings. The molecule has 0 spiro atoms. The highest BCUT2D eigenvalue weighted by Crippen LogP contribution is 2.25. The van der Waals surface area contributed by atoms with Gasteiger partial charge < -0.3 is 14.8 Å². The maximum atomic E-state index is 12.4. The number of carbonyl (C=O) groups excluding carboxylic acids is 3. The number of ether oxygens (including phenoxy) is 1. The highest BCUT2D eigenvalue weighted by molar-refractivity contribution is 5.77. The van der Waals surface area contributed by atoms with E-state index in [-0.39, 0.29) is 23.8 Å².